The molecule has 2 aromatic rings. The Labute approximate surface area is 153 Å². The number of hydrazine groups is 1. The first-order valence-corrected chi connectivity index (χ1v) is 8.72. The first-order chi connectivity index (χ1) is 13.2. The number of rotatable bonds is 3. The number of aromatic nitrogens is 2. The molecule has 10 heteroatoms. The summed E-state index contributed by atoms with van der Waals surface area (Å²) < 4.78 is 25.0. The Balaban J connectivity index is 1.42. The van der Waals surface area contributed by atoms with Crippen LogP contribution in [0.15, 0.2) is 45.8 Å². The Morgan fingerprint density at radius 3 is 2.96 bits per heavy atom. The zero-order valence-electron chi connectivity index (χ0n) is 14.5. The van der Waals surface area contributed by atoms with E-state index in [2.05, 4.69) is 15.1 Å². The summed E-state index contributed by atoms with van der Waals surface area (Å²) in [6.45, 7) is 0.119. The third kappa shape index (κ3) is 1.93. The summed E-state index contributed by atoms with van der Waals surface area (Å²) in [5.41, 5.74) is 1.46. The second kappa shape index (κ2) is 4.97. The van der Waals surface area contributed by atoms with Crippen molar-refractivity contribution in [2.24, 2.45) is 4.99 Å². The van der Waals surface area contributed by atoms with Gasteiger partial charge >= 0.3 is 0 Å². The van der Waals surface area contributed by atoms with E-state index in [4.69, 9.17) is 9.26 Å². The maximum Gasteiger partial charge on any atom is 0.290 e. The zero-order chi connectivity index (χ0) is 18.2. The van der Waals surface area contributed by atoms with Crippen LogP contribution in [0, 0.1) is 0 Å². The number of methoxy groups -OCH3 is 1. The molecule has 0 radical (unpaired) electrons. The van der Waals surface area contributed by atoms with E-state index in [0.29, 0.717) is 22.8 Å². The molecule has 1 saturated carbocycles. The highest BCUT2D eigenvalue weighted by atomic mass is 19.2. The minimum Gasteiger partial charge on any atom is -0.368 e. The van der Waals surface area contributed by atoms with Gasteiger partial charge in [0, 0.05) is 12.7 Å². The number of aliphatic imine (C=N–C) groups is 1. The van der Waals surface area contributed by atoms with E-state index in [9.17, 15) is 4.48 Å². The van der Waals surface area contributed by atoms with E-state index in [-0.39, 0.29) is 12.8 Å². The Hall–Kier alpha value is -3.14. The Kier molecular flexibility index (Phi) is 2.76. The molecular weight excluding hydrogens is 353 g/mol. The van der Waals surface area contributed by atoms with E-state index >= 15 is 0 Å². The summed E-state index contributed by atoms with van der Waals surface area (Å²) in [6, 6.07) is 7.86. The van der Waals surface area contributed by atoms with Crippen LogP contribution in [-0.4, -0.2) is 40.4 Å². The molecule has 1 unspecified atom stereocenters. The smallest absolute Gasteiger partial charge is 0.290 e. The summed E-state index contributed by atoms with van der Waals surface area (Å²) in [7, 11) is 1.64. The molecule has 9 nitrogen and oxygen atoms in total. The second-order valence-electron chi connectivity index (χ2n) is 6.94. The second-order valence-corrected chi connectivity index (χ2v) is 6.94. The van der Waals surface area contributed by atoms with Crippen LogP contribution in [0.4, 0.5) is 16.1 Å². The third-order valence-electron chi connectivity index (χ3n) is 5.43. The van der Waals surface area contributed by atoms with Crippen LogP contribution in [0.25, 0.3) is 0 Å². The quantitative estimate of drug-likeness (QED) is 0.763. The Bertz CT molecular complexity index is 985. The lowest BCUT2D eigenvalue weighted by Crippen LogP contribution is -2.47. The monoisotopic (exact) mass is 369 g/mol. The fourth-order valence-corrected chi connectivity index (χ4v) is 3.85. The van der Waals surface area contributed by atoms with Gasteiger partial charge < -0.3 is 14.2 Å². The Morgan fingerprint density at radius 1 is 1.30 bits per heavy atom. The van der Waals surface area contributed by atoms with Crippen molar-refractivity contribution in [1.82, 2.24) is 20.3 Å². The molecule has 3 aliphatic heterocycles. The van der Waals surface area contributed by atoms with Crippen molar-refractivity contribution in [3.8, 4) is 0 Å². The summed E-state index contributed by atoms with van der Waals surface area (Å²) >= 11 is 0. The van der Waals surface area contributed by atoms with Crippen LogP contribution < -0.4 is 9.91 Å². The van der Waals surface area contributed by atoms with E-state index in [1.807, 2.05) is 34.2 Å². The van der Waals surface area contributed by atoms with Crippen LogP contribution >= 0.6 is 0 Å². The SMILES string of the molecule is COC1(c2nc(N3C=NC4c5ccccc5N5CN(F)C=C5N43)no2)CC1. The van der Waals surface area contributed by atoms with Gasteiger partial charge in [-0.15, -0.1) is 0 Å². The van der Waals surface area contributed by atoms with Gasteiger partial charge in [0.15, 0.2) is 12.0 Å². The molecule has 0 N–H and O–H groups in total. The largest absolute Gasteiger partial charge is 0.368 e. The highest BCUT2D eigenvalue weighted by Crippen LogP contribution is 2.49. The number of benzene rings is 1. The highest BCUT2D eigenvalue weighted by molar-refractivity contribution is 5.80. The van der Waals surface area contributed by atoms with Crippen LogP contribution in [0.2, 0.25) is 0 Å². The molecule has 0 bridgehead atoms. The Morgan fingerprint density at radius 2 is 2.15 bits per heavy atom. The number of nitrogens with zero attached hydrogens (tertiary/aromatic N) is 7. The predicted molar refractivity (Wildman–Crippen MR) is 92.6 cm³/mol. The van der Waals surface area contributed by atoms with Crippen LogP contribution in [0.1, 0.15) is 30.5 Å². The van der Waals surface area contributed by atoms with Gasteiger partial charge in [0.1, 0.15) is 18.6 Å². The van der Waals surface area contributed by atoms with Crippen molar-refractivity contribution in [1.29, 1.82) is 0 Å². The molecule has 138 valence electrons. The van der Waals surface area contributed by atoms with Crippen molar-refractivity contribution in [3.63, 3.8) is 0 Å². The zero-order valence-corrected chi connectivity index (χ0v) is 14.5. The fraction of sp³-hybridized carbons (Fsp3) is 0.353. The molecule has 1 atom stereocenters. The van der Waals surface area contributed by atoms with E-state index < -0.39 is 5.60 Å². The summed E-state index contributed by atoms with van der Waals surface area (Å²) in [6.07, 6.45) is 4.50. The van der Waals surface area contributed by atoms with E-state index in [0.717, 1.165) is 24.1 Å². The van der Waals surface area contributed by atoms with Crippen LogP contribution in [0.5, 0.6) is 0 Å². The van der Waals surface area contributed by atoms with Crippen molar-refractivity contribution in [2.75, 3.05) is 23.7 Å². The molecule has 1 aliphatic carbocycles. The van der Waals surface area contributed by atoms with Crippen molar-refractivity contribution in [2.45, 2.75) is 24.6 Å². The standard InChI is InChI=1S/C17H16FN7O2/c1-26-17(6-7-17)15-20-16(21-27-15)24-9-19-14-11-4-2-3-5-12(11)23-10-22(18)8-13(23)25(14)24/h2-5,8-9,14H,6-7,10H2,1H3. The number of fused-ring (bicyclic) bond motifs is 6. The van der Waals surface area contributed by atoms with Gasteiger partial charge in [0.05, 0.1) is 11.9 Å². The normalized spacial score (nSPS) is 24.1. The van der Waals surface area contributed by atoms with Crippen LogP contribution in [-0.2, 0) is 10.3 Å². The molecule has 0 saturated heterocycles. The number of para-hydroxylation sites is 1. The molecule has 4 aliphatic rings. The third-order valence-corrected chi connectivity index (χ3v) is 5.43. The molecule has 6 rings (SSSR count). The summed E-state index contributed by atoms with van der Waals surface area (Å²) in [5.74, 6) is 1.47. The lowest BCUT2D eigenvalue weighted by Gasteiger charge is -2.41. The van der Waals surface area contributed by atoms with Gasteiger partial charge in [-0.25, -0.2) is 15.0 Å². The number of anilines is 2. The van der Waals surface area contributed by atoms with Crippen molar-refractivity contribution < 1.29 is 13.7 Å². The van der Waals surface area contributed by atoms with Gasteiger partial charge in [-0.3, -0.25) is 0 Å². The number of halogens is 1. The van der Waals surface area contributed by atoms with Gasteiger partial charge in [0.25, 0.3) is 11.8 Å². The van der Waals surface area contributed by atoms with Crippen LogP contribution in [0.3, 0.4) is 0 Å². The van der Waals surface area contributed by atoms with Gasteiger partial charge in [-0.2, -0.15) is 10.1 Å². The predicted octanol–water partition coefficient (Wildman–Crippen LogP) is 2.25. The highest BCUT2D eigenvalue weighted by Gasteiger charge is 2.51. The molecule has 1 aromatic carbocycles. The summed E-state index contributed by atoms with van der Waals surface area (Å²) in [5, 5.41) is 8.31. The molecule has 0 spiro atoms. The van der Waals surface area contributed by atoms with Gasteiger partial charge in [-0.05, 0) is 24.1 Å². The van der Waals surface area contributed by atoms with Crippen molar-refractivity contribution in [3.05, 3.63) is 47.7 Å². The molecule has 1 aromatic heterocycles. The number of ether oxygens (including phenoxy) is 1. The molecule has 1 fully saturated rings. The van der Waals surface area contributed by atoms with Gasteiger partial charge in [0.2, 0.25) is 0 Å². The topological polar surface area (TPSA) is 73.5 Å². The minimum atomic E-state index is -0.468. The van der Waals surface area contributed by atoms with E-state index in [1.165, 1.54) is 6.20 Å². The maximum absolute atomic E-state index is 14.1. The first kappa shape index (κ1) is 15.0. The minimum absolute atomic E-state index is 0.119. The summed E-state index contributed by atoms with van der Waals surface area (Å²) in [4.78, 5) is 11.0. The molecule has 4 heterocycles. The van der Waals surface area contributed by atoms with Gasteiger partial charge in [-0.1, -0.05) is 22.7 Å². The fourth-order valence-electron chi connectivity index (χ4n) is 3.85. The molecule has 27 heavy (non-hydrogen) atoms. The number of hydrogen-bond acceptors (Lipinski definition) is 9. The molecular formula is C17H16FN7O2. The lowest BCUT2D eigenvalue weighted by molar-refractivity contribution is 0.0492. The maximum atomic E-state index is 14.1. The number of hydrogen-bond donors (Lipinski definition) is 0. The van der Waals surface area contributed by atoms with E-state index in [1.54, 1.807) is 18.5 Å². The average Bonchev–Trinajstić information content (AvgIpc) is 3.03. The van der Waals surface area contributed by atoms with Crippen molar-refractivity contribution >= 4 is 18.0 Å². The molecule has 0 amide bonds. The lowest BCUT2D eigenvalue weighted by atomic mass is 10.1. The first-order valence-electron chi connectivity index (χ1n) is 8.72. The average molecular weight is 369 g/mol.